The highest BCUT2D eigenvalue weighted by atomic mass is 16.5. The molecule has 2 aromatic heterocycles. The van der Waals surface area contributed by atoms with E-state index >= 15 is 0 Å². The maximum atomic E-state index is 5.13. The lowest BCUT2D eigenvalue weighted by Crippen LogP contribution is -2.22. The first-order valence-electron chi connectivity index (χ1n) is 6.37. The van der Waals surface area contributed by atoms with Crippen molar-refractivity contribution in [2.45, 2.75) is 32.4 Å². The Hall–Kier alpha value is -1.62. The Kier molecular flexibility index (Phi) is 2.91. The van der Waals surface area contributed by atoms with Gasteiger partial charge in [0.1, 0.15) is 5.76 Å². The van der Waals surface area contributed by atoms with Gasteiger partial charge in [-0.15, -0.1) is 0 Å². The van der Waals surface area contributed by atoms with E-state index in [-0.39, 0.29) is 0 Å². The van der Waals surface area contributed by atoms with Crippen LogP contribution in [0.5, 0.6) is 0 Å². The van der Waals surface area contributed by atoms with E-state index in [1.807, 2.05) is 30.9 Å². The number of aryl methyl sites for hydroxylation is 2. The Morgan fingerprint density at radius 1 is 1.50 bits per heavy atom. The smallest absolute Gasteiger partial charge is 0.133 e. The molecule has 1 aliphatic rings. The fourth-order valence-corrected chi connectivity index (χ4v) is 2.71. The molecule has 5 nitrogen and oxygen atoms in total. The van der Waals surface area contributed by atoms with Crippen LogP contribution < -0.4 is 0 Å². The van der Waals surface area contributed by atoms with Crippen molar-refractivity contribution in [2.24, 2.45) is 7.05 Å². The van der Waals surface area contributed by atoms with Gasteiger partial charge in [-0.25, -0.2) is 0 Å². The number of hydrogen-bond acceptors (Lipinski definition) is 4. The van der Waals surface area contributed by atoms with Crippen LogP contribution in [0, 0.1) is 6.92 Å². The van der Waals surface area contributed by atoms with E-state index in [9.17, 15) is 0 Å². The average molecular weight is 246 g/mol. The van der Waals surface area contributed by atoms with Crippen molar-refractivity contribution < 1.29 is 4.52 Å². The van der Waals surface area contributed by atoms with Crippen molar-refractivity contribution in [1.82, 2.24) is 19.8 Å². The molecule has 96 valence electrons. The highest BCUT2D eigenvalue weighted by molar-refractivity contribution is 5.13. The third-order valence-electron chi connectivity index (χ3n) is 3.52. The van der Waals surface area contributed by atoms with Crippen molar-refractivity contribution in [1.29, 1.82) is 0 Å². The molecule has 0 spiro atoms. The van der Waals surface area contributed by atoms with Crippen LogP contribution in [0.1, 0.15) is 35.9 Å². The second-order valence-electron chi connectivity index (χ2n) is 5.00. The molecular formula is C13H18N4O. The van der Waals surface area contributed by atoms with E-state index in [0.29, 0.717) is 6.04 Å². The van der Waals surface area contributed by atoms with Crippen LogP contribution in [-0.4, -0.2) is 26.4 Å². The number of rotatable bonds is 3. The number of nitrogens with zero attached hydrogens (tertiary/aromatic N) is 4. The predicted octanol–water partition coefficient (Wildman–Crippen LogP) is 2.05. The van der Waals surface area contributed by atoms with Crippen molar-refractivity contribution in [3.8, 4) is 0 Å². The van der Waals surface area contributed by atoms with Crippen molar-refractivity contribution in [3.05, 3.63) is 35.5 Å². The van der Waals surface area contributed by atoms with Crippen LogP contribution in [0.2, 0.25) is 0 Å². The van der Waals surface area contributed by atoms with Gasteiger partial charge in [-0.1, -0.05) is 5.16 Å². The van der Waals surface area contributed by atoms with Crippen LogP contribution in [0.3, 0.4) is 0 Å². The molecule has 5 heteroatoms. The Morgan fingerprint density at radius 2 is 2.39 bits per heavy atom. The first-order chi connectivity index (χ1) is 8.72. The molecule has 0 aliphatic carbocycles. The maximum Gasteiger partial charge on any atom is 0.133 e. The standard InChI is InChI=1S/C13H18N4O/c1-10-6-12(15-18-10)9-17-5-3-4-13(17)11-7-14-16(2)8-11/h6-8,13H,3-5,9H2,1-2H3/t13-/m0/s1. The summed E-state index contributed by atoms with van der Waals surface area (Å²) in [5, 5.41) is 8.34. The van der Waals surface area contributed by atoms with Gasteiger partial charge in [0.2, 0.25) is 0 Å². The summed E-state index contributed by atoms with van der Waals surface area (Å²) in [6.07, 6.45) is 6.51. The summed E-state index contributed by atoms with van der Waals surface area (Å²) in [6, 6.07) is 2.48. The zero-order valence-electron chi connectivity index (χ0n) is 10.8. The van der Waals surface area contributed by atoms with E-state index in [0.717, 1.165) is 24.5 Å². The van der Waals surface area contributed by atoms with Gasteiger partial charge < -0.3 is 4.52 Å². The van der Waals surface area contributed by atoms with Crippen molar-refractivity contribution in [2.75, 3.05) is 6.54 Å². The molecule has 0 amide bonds. The van der Waals surface area contributed by atoms with E-state index < -0.39 is 0 Å². The quantitative estimate of drug-likeness (QED) is 0.831. The fraction of sp³-hybridized carbons (Fsp3) is 0.538. The van der Waals surface area contributed by atoms with Gasteiger partial charge in [-0.2, -0.15) is 5.10 Å². The Balaban J connectivity index is 1.75. The summed E-state index contributed by atoms with van der Waals surface area (Å²) in [4.78, 5) is 2.45. The van der Waals surface area contributed by atoms with Gasteiger partial charge in [0.25, 0.3) is 0 Å². The minimum absolute atomic E-state index is 0.468. The molecule has 0 saturated carbocycles. The third-order valence-corrected chi connectivity index (χ3v) is 3.52. The van der Waals surface area contributed by atoms with Crippen LogP contribution in [-0.2, 0) is 13.6 Å². The lowest BCUT2D eigenvalue weighted by Gasteiger charge is -2.22. The lowest BCUT2D eigenvalue weighted by molar-refractivity contribution is 0.240. The Morgan fingerprint density at radius 3 is 3.06 bits per heavy atom. The van der Waals surface area contributed by atoms with Gasteiger partial charge in [0, 0.05) is 37.5 Å². The van der Waals surface area contributed by atoms with Crippen molar-refractivity contribution in [3.63, 3.8) is 0 Å². The molecule has 2 aromatic rings. The number of aromatic nitrogens is 3. The molecule has 0 radical (unpaired) electrons. The summed E-state index contributed by atoms with van der Waals surface area (Å²) in [5.74, 6) is 0.877. The molecule has 1 atom stereocenters. The SMILES string of the molecule is Cc1cc(CN2CCC[C@H]2c2cnn(C)c2)no1. The zero-order valence-corrected chi connectivity index (χ0v) is 10.8. The summed E-state index contributed by atoms with van der Waals surface area (Å²) in [5.41, 5.74) is 2.32. The molecule has 1 fully saturated rings. The molecule has 3 heterocycles. The monoisotopic (exact) mass is 246 g/mol. The second-order valence-corrected chi connectivity index (χ2v) is 5.00. The molecule has 1 aliphatic heterocycles. The third kappa shape index (κ3) is 2.18. The van der Waals surface area contributed by atoms with E-state index in [4.69, 9.17) is 4.52 Å². The van der Waals surface area contributed by atoms with Crippen LogP contribution >= 0.6 is 0 Å². The van der Waals surface area contributed by atoms with E-state index in [2.05, 4.69) is 21.4 Å². The van der Waals surface area contributed by atoms with Gasteiger partial charge in [0.05, 0.1) is 11.9 Å². The van der Waals surface area contributed by atoms with E-state index in [1.54, 1.807) is 0 Å². The molecule has 1 saturated heterocycles. The topological polar surface area (TPSA) is 47.1 Å². The molecule has 0 bridgehead atoms. The summed E-state index contributed by atoms with van der Waals surface area (Å²) in [7, 11) is 1.96. The van der Waals surface area contributed by atoms with E-state index in [1.165, 1.54) is 18.4 Å². The predicted molar refractivity (Wildman–Crippen MR) is 66.8 cm³/mol. The van der Waals surface area contributed by atoms with Gasteiger partial charge >= 0.3 is 0 Å². The summed E-state index contributed by atoms with van der Waals surface area (Å²) in [6.45, 7) is 3.90. The van der Waals surface area contributed by atoms with Gasteiger partial charge in [-0.3, -0.25) is 9.58 Å². The Labute approximate surface area is 106 Å². The van der Waals surface area contributed by atoms with Gasteiger partial charge in [-0.05, 0) is 26.3 Å². The first-order valence-corrected chi connectivity index (χ1v) is 6.37. The molecule has 3 rings (SSSR count). The van der Waals surface area contributed by atoms with Crippen LogP contribution in [0.15, 0.2) is 23.0 Å². The van der Waals surface area contributed by atoms with Gasteiger partial charge in [0.15, 0.2) is 0 Å². The summed E-state index contributed by atoms with van der Waals surface area (Å²) >= 11 is 0. The minimum atomic E-state index is 0.468. The molecule has 0 N–H and O–H groups in total. The second kappa shape index (κ2) is 4.57. The molecular weight excluding hydrogens is 228 g/mol. The van der Waals surface area contributed by atoms with Crippen molar-refractivity contribution >= 4 is 0 Å². The van der Waals surface area contributed by atoms with Crippen LogP contribution in [0.25, 0.3) is 0 Å². The number of likely N-dealkylation sites (tertiary alicyclic amines) is 1. The minimum Gasteiger partial charge on any atom is -0.361 e. The largest absolute Gasteiger partial charge is 0.361 e. The highest BCUT2D eigenvalue weighted by Gasteiger charge is 2.27. The zero-order chi connectivity index (χ0) is 12.5. The lowest BCUT2D eigenvalue weighted by atomic mass is 10.1. The normalized spacial score (nSPS) is 20.7. The molecule has 0 unspecified atom stereocenters. The summed E-state index contributed by atoms with van der Waals surface area (Å²) < 4.78 is 6.99. The average Bonchev–Trinajstić information content (AvgIpc) is 3.01. The first kappa shape index (κ1) is 11.5. The highest BCUT2D eigenvalue weighted by Crippen LogP contribution is 2.32. The maximum absolute atomic E-state index is 5.13. The molecule has 0 aromatic carbocycles. The fourth-order valence-electron chi connectivity index (χ4n) is 2.71. The number of hydrogen-bond donors (Lipinski definition) is 0. The molecule has 18 heavy (non-hydrogen) atoms. The van der Waals surface area contributed by atoms with Crippen LogP contribution in [0.4, 0.5) is 0 Å². The Bertz CT molecular complexity index is 531.